The lowest BCUT2D eigenvalue weighted by atomic mass is 10.1. The predicted octanol–water partition coefficient (Wildman–Crippen LogP) is 5.75. The Labute approximate surface area is 176 Å². The highest BCUT2D eigenvalue weighted by Gasteiger charge is 2.31. The highest BCUT2D eigenvalue weighted by atomic mass is 35.5. The lowest BCUT2D eigenvalue weighted by Crippen LogP contribution is -2.18. The molecule has 158 valence electrons. The SMILES string of the molecule is CC.CNC(=O)SC(C=O)Cc1ccc(Oc2ncc(C(F)(F)F)cc2Cl)cc1. The van der Waals surface area contributed by atoms with Gasteiger partial charge in [-0.3, -0.25) is 4.79 Å². The van der Waals surface area contributed by atoms with Gasteiger partial charge in [0.25, 0.3) is 5.24 Å². The number of hydrogen-bond acceptors (Lipinski definition) is 5. The average Bonchev–Trinajstić information content (AvgIpc) is 2.70. The van der Waals surface area contributed by atoms with Crippen molar-refractivity contribution in [3.8, 4) is 11.6 Å². The Kier molecular flexibility index (Phi) is 9.97. The number of aldehydes is 1. The van der Waals surface area contributed by atoms with Gasteiger partial charge in [-0.1, -0.05) is 49.3 Å². The van der Waals surface area contributed by atoms with Crippen LogP contribution in [0.1, 0.15) is 25.0 Å². The third-order valence-corrected chi connectivity index (χ3v) is 4.59. The van der Waals surface area contributed by atoms with Crippen LogP contribution in [0.3, 0.4) is 0 Å². The molecule has 0 spiro atoms. The summed E-state index contributed by atoms with van der Waals surface area (Å²) in [5.74, 6) is 0.160. The van der Waals surface area contributed by atoms with Crippen molar-refractivity contribution in [1.82, 2.24) is 10.3 Å². The molecule has 1 amide bonds. The van der Waals surface area contributed by atoms with E-state index in [4.69, 9.17) is 16.3 Å². The van der Waals surface area contributed by atoms with Gasteiger partial charge in [0.15, 0.2) is 0 Å². The van der Waals surface area contributed by atoms with Crippen molar-refractivity contribution in [2.24, 2.45) is 0 Å². The van der Waals surface area contributed by atoms with E-state index < -0.39 is 17.0 Å². The van der Waals surface area contributed by atoms with Gasteiger partial charge >= 0.3 is 6.18 Å². The van der Waals surface area contributed by atoms with Crippen LogP contribution in [0.25, 0.3) is 0 Å². The number of ether oxygens (including phenoxy) is 1. The van der Waals surface area contributed by atoms with Crippen molar-refractivity contribution >= 4 is 34.9 Å². The summed E-state index contributed by atoms with van der Waals surface area (Å²) in [4.78, 5) is 26.0. The van der Waals surface area contributed by atoms with E-state index in [9.17, 15) is 22.8 Å². The third-order valence-electron chi connectivity index (χ3n) is 3.32. The maximum atomic E-state index is 12.6. The second-order valence-corrected chi connectivity index (χ2v) is 6.91. The summed E-state index contributed by atoms with van der Waals surface area (Å²) < 4.78 is 43.2. The smallest absolute Gasteiger partial charge is 0.417 e. The highest BCUT2D eigenvalue weighted by Crippen LogP contribution is 2.34. The maximum absolute atomic E-state index is 12.6. The van der Waals surface area contributed by atoms with Crippen molar-refractivity contribution in [3.63, 3.8) is 0 Å². The minimum absolute atomic E-state index is 0.154. The van der Waals surface area contributed by atoms with Crippen LogP contribution < -0.4 is 10.1 Å². The first-order valence-electron chi connectivity index (χ1n) is 8.56. The molecule has 2 rings (SSSR count). The number of rotatable bonds is 6. The number of halogens is 4. The molecule has 0 aliphatic rings. The molecule has 10 heteroatoms. The van der Waals surface area contributed by atoms with E-state index in [1.165, 1.54) is 7.05 Å². The topological polar surface area (TPSA) is 68.3 Å². The van der Waals surface area contributed by atoms with Crippen LogP contribution >= 0.6 is 23.4 Å². The fraction of sp³-hybridized carbons (Fsp3) is 0.316. The summed E-state index contributed by atoms with van der Waals surface area (Å²) in [6, 6.07) is 7.22. The average molecular weight is 449 g/mol. The number of pyridine rings is 1. The molecular formula is C19H20ClF3N2O3S. The van der Waals surface area contributed by atoms with Gasteiger partial charge in [0, 0.05) is 13.2 Å². The third kappa shape index (κ3) is 7.94. The Hall–Kier alpha value is -2.26. The van der Waals surface area contributed by atoms with Crippen LogP contribution in [0, 0.1) is 0 Å². The molecule has 0 saturated heterocycles. The summed E-state index contributed by atoms with van der Waals surface area (Å²) in [6.07, 6.45) is -2.88. The highest BCUT2D eigenvalue weighted by molar-refractivity contribution is 8.14. The Morgan fingerprint density at radius 2 is 1.93 bits per heavy atom. The van der Waals surface area contributed by atoms with Crippen molar-refractivity contribution in [3.05, 3.63) is 52.7 Å². The number of benzene rings is 1. The molecule has 1 atom stereocenters. The number of carbonyl (C=O) groups is 2. The zero-order valence-corrected chi connectivity index (χ0v) is 17.5. The second-order valence-electron chi connectivity index (χ2n) is 5.29. The number of nitrogens with one attached hydrogen (secondary N) is 1. The molecule has 0 fully saturated rings. The summed E-state index contributed by atoms with van der Waals surface area (Å²) in [7, 11) is 1.48. The molecule has 0 bridgehead atoms. The summed E-state index contributed by atoms with van der Waals surface area (Å²) in [5.41, 5.74) is -0.189. The molecule has 2 aromatic rings. The van der Waals surface area contributed by atoms with Crippen molar-refractivity contribution < 1.29 is 27.5 Å². The van der Waals surface area contributed by atoms with Crippen molar-refractivity contribution in [2.75, 3.05) is 7.05 Å². The van der Waals surface area contributed by atoms with E-state index in [-0.39, 0.29) is 16.1 Å². The van der Waals surface area contributed by atoms with Gasteiger partial charge < -0.3 is 14.8 Å². The van der Waals surface area contributed by atoms with Gasteiger partial charge in [-0.25, -0.2) is 4.98 Å². The second kappa shape index (κ2) is 11.7. The number of carbonyl (C=O) groups excluding carboxylic acids is 2. The molecular weight excluding hydrogens is 429 g/mol. The van der Waals surface area contributed by atoms with Crippen LogP contribution in [0.15, 0.2) is 36.5 Å². The first-order chi connectivity index (χ1) is 13.7. The maximum Gasteiger partial charge on any atom is 0.417 e. The van der Waals surface area contributed by atoms with E-state index in [0.717, 1.165) is 23.4 Å². The minimum atomic E-state index is -4.54. The van der Waals surface area contributed by atoms with E-state index in [0.29, 0.717) is 24.7 Å². The standard InChI is InChI=1S/C17H14ClF3N2O3S.C2H6/c1-22-16(25)27-13(9-24)6-10-2-4-12(5-3-10)26-15-14(18)7-11(8-23-15)17(19,20)21;1-2/h2-5,7-9,13H,6H2,1H3,(H,22,25);1-2H3. The Bertz CT molecular complexity index is 817. The summed E-state index contributed by atoms with van der Waals surface area (Å²) >= 11 is 6.68. The minimum Gasteiger partial charge on any atom is -0.438 e. The van der Waals surface area contributed by atoms with E-state index in [1.54, 1.807) is 24.3 Å². The van der Waals surface area contributed by atoms with Crippen LogP contribution in [-0.2, 0) is 17.4 Å². The molecule has 5 nitrogen and oxygen atoms in total. The number of alkyl halides is 3. The molecule has 0 saturated carbocycles. The molecule has 0 radical (unpaired) electrons. The van der Waals surface area contributed by atoms with Crippen molar-refractivity contribution in [2.45, 2.75) is 31.7 Å². The van der Waals surface area contributed by atoms with Gasteiger partial charge in [-0.15, -0.1) is 0 Å². The number of hydrogen-bond donors (Lipinski definition) is 1. The zero-order chi connectivity index (χ0) is 22.0. The van der Waals surface area contributed by atoms with Crippen LogP contribution in [0.5, 0.6) is 11.6 Å². The predicted molar refractivity (Wildman–Crippen MR) is 108 cm³/mol. The lowest BCUT2D eigenvalue weighted by Gasteiger charge is -2.11. The Balaban J connectivity index is 0.00000204. The molecule has 1 aromatic heterocycles. The fourth-order valence-corrected chi connectivity index (χ4v) is 2.94. The number of nitrogens with zero attached hydrogens (tertiary/aromatic N) is 1. The zero-order valence-electron chi connectivity index (χ0n) is 15.9. The summed E-state index contributed by atoms with van der Waals surface area (Å²) in [6.45, 7) is 4.00. The molecule has 1 N–H and O–H groups in total. The van der Waals surface area contributed by atoms with Crippen LogP contribution in [0.4, 0.5) is 18.0 Å². The number of amides is 1. The number of aromatic nitrogens is 1. The van der Waals surface area contributed by atoms with E-state index in [1.807, 2.05) is 13.8 Å². The van der Waals surface area contributed by atoms with Gasteiger partial charge in [0.05, 0.1) is 10.8 Å². The molecule has 1 aromatic carbocycles. The quantitative estimate of drug-likeness (QED) is 0.569. The molecule has 1 unspecified atom stereocenters. The molecule has 29 heavy (non-hydrogen) atoms. The largest absolute Gasteiger partial charge is 0.438 e. The summed E-state index contributed by atoms with van der Waals surface area (Å²) in [5, 5.41) is 1.31. The number of thioether (sulfide) groups is 1. The molecule has 0 aliphatic heterocycles. The molecule has 0 aliphatic carbocycles. The first-order valence-corrected chi connectivity index (χ1v) is 9.82. The van der Waals surface area contributed by atoms with Gasteiger partial charge in [0.2, 0.25) is 5.88 Å². The first kappa shape index (κ1) is 24.8. The fourth-order valence-electron chi connectivity index (χ4n) is 2.01. The Morgan fingerprint density at radius 1 is 1.31 bits per heavy atom. The van der Waals surface area contributed by atoms with Crippen molar-refractivity contribution in [1.29, 1.82) is 0 Å². The van der Waals surface area contributed by atoms with Gasteiger partial charge in [0.1, 0.15) is 17.1 Å². The Morgan fingerprint density at radius 3 is 2.41 bits per heavy atom. The van der Waals surface area contributed by atoms with Gasteiger partial charge in [-0.2, -0.15) is 13.2 Å². The van der Waals surface area contributed by atoms with Gasteiger partial charge in [-0.05, 0) is 30.2 Å². The van der Waals surface area contributed by atoms with Crippen LogP contribution in [-0.4, -0.2) is 28.8 Å². The normalized spacial score (nSPS) is 11.7. The monoisotopic (exact) mass is 448 g/mol. The molecule has 1 heterocycles. The lowest BCUT2D eigenvalue weighted by molar-refractivity contribution is -0.137. The van der Waals surface area contributed by atoms with Crippen LogP contribution in [0.2, 0.25) is 5.02 Å². The van der Waals surface area contributed by atoms with E-state index >= 15 is 0 Å². The van der Waals surface area contributed by atoms with E-state index in [2.05, 4.69) is 10.3 Å².